The van der Waals surface area contributed by atoms with Gasteiger partial charge in [-0.3, -0.25) is 0 Å². The molecule has 4 heteroatoms. The van der Waals surface area contributed by atoms with Crippen molar-refractivity contribution in [1.82, 2.24) is 0 Å². The Morgan fingerprint density at radius 2 is 1.83 bits per heavy atom. The van der Waals surface area contributed by atoms with Gasteiger partial charge in [0.2, 0.25) is 0 Å². The highest BCUT2D eigenvalue weighted by Crippen LogP contribution is 2.12. The Morgan fingerprint density at radius 1 is 1.33 bits per heavy atom. The molecule has 4 nitrogen and oxygen atoms in total. The number of hydrazine groups is 1. The van der Waals surface area contributed by atoms with Crippen LogP contribution in [0.15, 0.2) is 24.3 Å². The molecular formula is C8H10N2O2. The van der Waals surface area contributed by atoms with Gasteiger partial charge >= 0.3 is 0 Å². The molecule has 1 aromatic rings. The molecule has 0 aliphatic carbocycles. The van der Waals surface area contributed by atoms with E-state index in [2.05, 4.69) is 0 Å². The summed E-state index contributed by atoms with van der Waals surface area (Å²) in [7, 11) is 1.42. The highest BCUT2D eigenvalue weighted by Gasteiger charge is 2.08. The summed E-state index contributed by atoms with van der Waals surface area (Å²) in [6.45, 7) is 1.94. The summed E-state index contributed by atoms with van der Waals surface area (Å²) in [5, 5.41) is 10.8. The largest absolute Gasteiger partial charge is 0.234 e. The van der Waals surface area contributed by atoms with Crippen LogP contribution in [0.5, 0.6) is 0 Å². The molecule has 0 atom stereocenters. The smallest absolute Gasteiger partial charge is 0.164 e. The topological polar surface area (TPSA) is 46.4 Å². The van der Waals surface area contributed by atoms with E-state index in [-0.39, 0.29) is 0 Å². The zero-order chi connectivity index (χ0) is 9.14. The standard InChI is InChI=1S/C8H10N2O2/c1-7-3-5-8(6-4-7)9(2)10(11)12/h3-6H,1-2H3. The van der Waals surface area contributed by atoms with Gasteiger partial charge in [-0.1, -0.05) is 22.7 Å². The van der Waals surface area contributed by atoms with E-state index in [0.29, 0.717) is 5.69 Å². The highest BCUT2D eigenvalue weighted by atomic mass is 16.7. The molecule has 1 aromatic carbocycles. The maximum absolute atomic E-state index is 10.3. The zero-order valence-corrected chi connectivity index (χ0v) is 7.02. The van der Waals surface area contributed by atoms with Gasteiger partial charge in [0.05, 0.1) is 7.05 Å². The number of hydrogen-bond donors (Lipinski definition) is 0. The molecule has 64 valence electrons. The van der Waals surface area contributed by atoms with Gasteiger partial charge in [-0.2, -0.15) is 0 Å². The summed E-state index contributed by atoms with van der Waals surface area (Å²) < 4.78 is 0. The Hall–Kier alpha value is -1.58. The van der Waals surface area contributed by atoms with Crippen LogP contribution < -0.4 is 5.01 Å². The number of anilines is 1. The minimum absolute atomic E-state index is 0.454. The van der Waals surface area contributed by atoms with Crippen LogP contribution in [0.3, 0.4) is 0 Å². The molecule has 1 rings (SSSR count). The van der Waals surface area contributed by atoms with Crippen LogP contribution in [-0.2, 0) is 0 Å². The van der Waals surface area contributed by atoms with Crippen LogP contribution in [0.4, 0.5) is 5.69 Å². The third-order valence-electron chi connectivity index (χ3n) is 1.65. The molecule has 0 amide bonds. The second-order valence-electron chi connectivity index (χ2n) is 2.60. The first-order chi connectivity index (χ1) is 5.61. The molecule has 12 heavy (non-hydrogen) atoms. The van der Waals surface area contributed by atoms with Crippen molar-refractivity contribution < 1.29 is 5.03 Å². The van der Waals surface area contributed by atoms with E-state index in [1.165, 1.54) is 7.05 Å². The van der Waals surface area contributed by atoms with Crippen LogP contribution in [0, 0.1) is 17.0 Å². The average molecular weight is 166 g/mol. The molecule has 0 aliphatic heterocycles. The SMILES string of the molecule is Cc1ccc(N(C)[N+](=O)[O-])cc1. The van der Waals surface area contributed by atoms with Gasteiger partial charge in [-0.25, -0.2) is 10.1 Å². The lowest BCUT2D eigenvalue weighted by atomic mass is 10.2. The average Bonchev–Trinajstić information content (AvgIpc) is 2.04. The number of nitro groups is 1. The Bertz CT molecular complexity index is 282. The summed E-state index contributed by atoms with van der Waals surface area (Å²) in [5.41, 5.74) is 1.68. The Balaban J connectivity index is 2.89. The van der Waals surface area contributed by atoms with Crippen molar-refractivity contribution in [2.45, 2.75) is 6.92 Å². The number of nitrogens with zero attached hydrogens (tertiary/aromatic N) is 2. The highest BCUT2D eigenvalue weighted by molar-refractivity contribution is 5.43. The first-order valence-corrected chi connectivity index (χ1v) is 3.56. The summed E-state index contributed by atoms with van der Waals surface area (Å²) >= 11 is 0. The van der Waals surface area contributed by atoms with Gasteiger partial charge in [-0.15, -0.1) is 0 Å². The summed E-state index contributed by atoms with van der Waals surface area (Å²) in [6.07, 6.45) is 0. The maximum Gasteiger partial charge on any atom is 0.164 e. The van der Waals surface area contributed by atoms with Gasteiger partial charge in [0.25, 0.3) is 0 Å². The number of aryl methyl sites for hydroxylation is 1. The van der Waals surface area contributed by atoms with E-state index in [0.717, 1.165) is 10.6 Å². The van der Waals surface area contributed by atoms with Gasteiger partial charge in [-0.05, 0) is 19.1 Å². The Labute approximate surface area is 70.5 Å². The van der Waals surface area contributed by atoms with E-state index in [9.17, 15) is 10.1 Å². The normalized spacial score (nSPS) is 9.50. The monoisotopic (exact) mass is 166 g/mol. The Kier molecular flexibility index (Phi) is 2.28. The molecule has 0 aliphatic rings. The molecule has 0 heterocycles. The van der Waals surface area contributed by atoms with E-state index >= 15 is 0 Å². The van der Waals surface area contributed by atoms with Crippen molar-refractivity contribution in [1.29, 1.82) is 0 Å². The fourth-order valence-electron chi connectivity index (χ4n) is 0.855. The second kappa shape index (κ2) is 3.21. The number of hydrogen-bond acceptors (Lipinski definition) is 2. The quantitative estimate of drug-likeness (QED) is 0.495. The van der Waals surface area contributed by atoms with Crippen LogP contribution in [0.2, 0.25) is 0 Å². The number of rotatable bonds is 2. The van der Waals surface area contributed by atoms with Gasteiger partial charge < -0.3 is 0 Å². The van der Waals surface area contributed by atoms with Crippen molar-refractivity contribution in [3.05, 3.63) is 39.9 Å². The van der Waals surface area contributed by atoms with Gasteiger partial charge in [0.1, 0.15) is 5.69 Å². The minimum atomic E-state index is -0.454. The van der Waals surface area contributed by atoms with Crippen molar-refractivity contribution in [2.75, 3.05) is 12.1 Å². The molecule has 0 spiro atoms. The fourth-order valence-corrected chi connectivity index (χ4v) is 0.855. The van der Waals surface area contributed by atoms with Crippen molar-refractivity contribution in [2.24, 2.45) is 0 Å². The third kappa shape index (κ3) is 1.72. The molecule has 0 bridgehead atoms. The predicted molar refractivity (Wildman–Crippen MR) is 46.6 cm³/mol. The maximum atomic E-state index is 10.3. The number of benzene rings is 1. The first-order valence-electron chi connectivity index (χ1n) is 3.56. The lowest BCUT2D eigenvalue weighted by Crippen LogP contribution is -2.24. The second-order valence-corrected chi connectivity index (χ2v) is 2.60. The summed E-state index contributed by atoms with van der Waals surface area (Å²) in [5.74, 6) is 0. The molecular weight excluding hydrogens is 156 g/mol. The van der Waals surface area contributed by atoms with Crippen molar-refractivity contribution in [3.63, 3.8) is 0 Å². The van der Waals surface area contributed by atoms with Crippen molar-refractivity contribution in [3.8, 4) is 0 Å². The summed E-state index contributed by atoms with van der Waals surface area (Å²) in [6, 6.07) is 7.13. The lowest BCUT2D eigenvalue weighted by molar-refractivity contribution is -0.490. The van der Waals surface area contributed by atoms with Crippen molar-refractivity contribution >= 4 is 5.69 Å². The summed E-state index contributed by atoms with van der Waals surface area (Å²) in [4.78, 5) is 10.3. The minimum Gasteiger partial charge on any atom is -0.234 e. The molecule has 0 radical (unpaired) electrons. The molecule has 0 N–H and O–H groups in total. The van der Waals surface area contributed by atoms with E-state index in [4.69, 9.17) is 0 Å². The molecule has 0 fully saturated rings. The zero-order valence-electron chi connectivity index (χ0n) is 7.02. The van der Waals surface area contributed by atoms with Gasteiger partial charge in [0.15, 0.2) is 5.03 Å². The molecule has 0 saturated heterocycles. The molecule has 0 saturated carbocycles. The molecule has 0 aromatic heterocycles. The third-order valence-corrected chi connectivity index (χ3v) is 1.65. The van der Waals surface area contributed by atoms with Crippen LogP contribution in [0.1, 0.15) is 5.56 Å². The lowest BCUT2D eigenvalue weighted by Gasteiger charge is -2.07. The Morgan fingerprint density at radius 3 is 2.25 bits per heavy atom. The van der Waals surface area contributed by atoms with E-state index in [1.807, 2.05) is 19.1 Å². The van der Waals surface area contributed by atoms with E-state index in [1.54, 1.807) is 12.1 Å². The van der Waals surface area contributed by atoms with E-state index < -0.39 is 5.03 Å². The predicted octanol–water partition coefficient (Wildman–Crippen LogP) is 1.62. The molecule has 0 unspecified atom stereocenters. The first kappa shape index (κ1) is 8.52. The van der Waals surface area contributed by atoms with Gasteiger partial charge in [0, 0.05) is 0 Å². The van der Waals surface area contributed by atoms with Crippen LogP contribution in [-0.4, -0.2) is 12.1 Å². The fraction of sp³-hybridized carbons (Fsp3) is 0.250. The van der Waals surface area contributed by atoms with Crippen LogP contribution >= 0.6 is 0 Å². The van der Waals surface area contributed by atoms with Crippen LogP contribution in [0.25, 0.3) is 0 Å².